The molecule has 9 heteroatoms. The van der Waals surface area contributed by atoms with E-state index in [1.165, 1.54) is 0 Å². The van der Waals surface area contributed by atoms with Crippen molar-refractivity contribution in [3.05, 3.63) is 23.8 Å². The molecule has 1 N–H and O–H groups in total. The van der Waals surface area contributed by atoms with Gasteiger partial charge < -0.3 is 18.9 Å². The minimum Gasteiger partial charge on any atom is -0.460 e. The van der Waals surface area contributed by atoms with Gasteiger partial charge in [-0.05, 0) is 32.3 Å². The third-order valence-corrected chi connectivity index (χ3v) is 9.04. The second kappa shape index (κ2) is 6.39. The van der Waals surface area contributed by atoms with E-state index < -0.39 is 34.5 Å². The van der Waals surface area contributed by atoms with Gasteiger partial charge in [0, 0.05) is 31.6 Å². The number of carbonyl (C=O) groups is 3. The second-order valence-electron chi connectivity index (χ2n) is 10.3. The summed E-state index contributed by atoms with van der Waals surface area (Å²) in [7, 11) is 1.64. The molecule has 0 aromatic heterocycles. The van der Waals surface area contributed by atoms with Gasteiger partial charge in [-0.2, -0.15) is 0 Å². The highest BCUT2D eigenvalue weighted by molar-refractivity contribution is 5.92. The van der Waals surface area contributed by atoms with Crippen LogP contribution in [0.15, 0.2) is 23.8 Å². The Balaban J connectivity index is 1.63. The lowest BCUT2D eigenvalue weighted by Gasteiger charge is -2.48. The number of alkyl carbamates (subject to hydrolysis) is 1. The first kappa shape index (κ1) is 21.2. The molecule has 1 amide bonds. The van der Waals surface area contributed by atoms with Gasteiger partial charge in [0.05, 0.1) is 12.0 Å². The molecule has 5 aliphatic heterocycles. The molecule has 0 aromatic rings. The molecule has 8 atom stereocenters. The summed E-state index contributed by atoms with van der Waals surface area (Å²) in [5, 5.41) is 3.16. The first-order valence-electron chi connectivity index (χ1n) is 11.9. The number of rotatable bonds is 3. The van der Waals surface area contributed by atoms with E-state index in [-0.39, 0.29) is 30.0 Å². The SMILES string of the molecule is CC[C@H]1[C@@]2(C=C(C)C(=O)O2)[C@@]23C[C@@H]([C@@H]4C[C@H](C)C(=O)O4)N4CCC=C[C@@]1(OC)[C@]42NC(=O)O3. The Morgan fingerprint density at radius 2 is 2.06 bits per heavy atom. The molecule has 6 aliphatic rings. The largest absolute Gasteiger partial charge is 0.460 e. The number of amides is 1. The van der Waals surface area contributed by atoms with Crippen LogP contribution in [-0.4, -0.2) is 71.2 Å². The second-order valence-corrected chi connectivity index (χ2v) is 10.3. The highest BCUT2D eigenvalue weighted by Gasteiger charge is 2.93. The predicted octanol–water partition coefficient (Wildman–Crippen LogP) is 1.81. The van der Waals surface area contributed by atoms with Gasteiger partial charge in [-0.15, -0.1) is 0 Å². The molecule has 4 fully saturated rings. The standard InChI is InChI=1S/C24H30N2O7/c1-5-17-21(30-4)8-6-7-9-26-15(16-10-13(2)18(27)31-16)12-23(24(21,26)25-20(29)33-23)22(17)11-14(3)19(28)32-22/h6,8,11,13,15-17H,5,7,9-10,12H2,1-4H3,(H,25,29)/t13-,15-,16-,17+,21-,22-,23-,24-/m0/s1. The Kier molecular flexibility index (Phi) is 4.10. The molecule has 0 unspecified atom stereocenters. The molecule has 0 aromatic carbocycles. The normalized spacial score (nSPS) is 49.9. The fourth-order valence-electron chi connectivity index (χ4n) is 8.01. The van der Waals surface area contributed by atoms with Gasteiger partial charge in [0.15, 0.2) is 16.9 Å². The molecule has 6 rings (SSSR count). The van der Waals surface area contributed by atoms with Crippen molar-refractivity contribution in [2.45, 2.75) is 81.1 Å². The number of nitrogens with zero attached hydrogens (tertiary/aromatic N) is 1. The lowest BCUT2D eigenvalue weighted by molar-refractivity contribution is -0.174. The van der Waals surface area contributed by atoms with Crippen molar-refractivity contribution in [2.75, 3.05) is 13.7 Å². The van der Waals surface area contributed by atoms with E-state index in [0.717, 1.165) is 6.42 Å². The maximum absolute atomic E-state index is 13.0. The van der Waals surface area contributed by atoms with E-state index >= 15 is 0 Å². The summed E-state index contributed by atoms with van der Waals surface area (Å²) in [6, 6.07) is -0.225. The number of methoxy groups -OCH3 is 1. The average Bonchev–Trinajstić information content (AvgIpc) is 3.43. The van der Waals surface area contributed by atoms with Crippen LogP contribution in [0.25, 0.3) is 0 Å². The first-order valence-corrected chi connectivity index (χ1v) is 11.9. The van der Waals surface area contributed by atoms with E-state index in [4.69, 9.17) is 18.9 Å². The molecule has 178 valence electrons. The predicted molar refractivity (Wildman–Crippen MR) is 114 cm³/mol. The summed E-state index contributed by atoms with van der Waals surface area (Å²) in [6.45, 7) is 6.25. The number of hydrogen-bond donors (Lipinski definition) is 1. The number of esters is 2. The van der Waals surface area contributed by atoms with E-state index in [0.29, 0.717) is 31.4 Å². The maximum atomic E-state index is 13.0. The molecule has 0 radical (unpaired) electrons. The lowest BCUT2D eigenvalue weighted by atomic mass is 9.74. The van der Waals surface area contributed by atoms with Crippen molar-refractivity contribution in [1.29, 1.82) is 0 Å². The first-order chi connectivity index (χ1) is 15.7. The third-order valence-electron chi connectivity index (χ3n) is 9.04. The van der Waals surface area contributed by atoms with Crippen molar-refractivity contribution in [1.82, 2.24) is 10.2 Å². The topological polar surface area (TPSA) is 103 Å². The molecule has 3 saturated heterocycles. The van der Waals surface area contributed by atoms with Crippen LogP contribution >= 0.6 is 0 Å². The van der Waals surface area contributed by atoms with Gasteiger partial charge in [0.25, 0.3) is 0 Å². The fraction of sp³-hybridized carbons (Fsp3) is 0.708. The van der Waals surface area contributed by atoms with Crippen LogP contribution in [0.2, 0.25) is 0 Å². The highest BCUT2D eigenvalue weighted by Crippen LogP contribution is 2.72. The Labute approximate surface area is 192 Å². The zero-order chi connectivity index (χ0) is 23.4. The van der Waals surface area contributed by atoms with E-state index in [1.54, 1.807) is 14.0 Å². The number of hydrogen-bond acceptors (Lipinski definition) is 8. The monoisotopic (exact) mass is 458 g/mol. The van der Waals surface area contributed by atoms with Gasteiger partial charge >= 0.3 is 18.0 Å². The summed E-state index contributed by atoms with van der Waals surface area (Å²) in [5.41, 5.74) is -4.10. The summed E-state index contributed by atoms with van der Waals surface area (Å²) in [4.78, 5) is 40.4. The zero-order valence-corrected chi connectivity index (χ0v) is 19.4. The van der Waals surface area contributed by atoms with Crippen LogP contribution in [0, 0.1) is 11.8 Å². The number of cyclic esters (lactones) is 1. The van der Waals surface area contributed by atoms with Crippen molar-refractivity contribution in [2.24, 2.45) is 11.8 Å². The molecule has 5 heterocycles. The molecule has 1 aliphatic carbocycles. The average molecular weight is 459 g/mol. The minimum absolute atomic E-state index is 0.193. The molecule has 0 bridgehead atoms. The van der Waals surface area contributed by atoms with Crippen LogP contribution in [-0.2, 0) is 28.5 Å². The van der Waals surface area contributed by atoms with Crippen LogP contribution in [0.4, 0.5) is 4.79 Å². The van der Waals surface area contributed by atoms with Gasteiger partial charge in [-0.1, -0.05) is 26.0 Å². The molecule has 33 heavy (non-hydrogen) atoms. The Morgan fingerprint density at radius 1 is 1.27 bits per heavy atom. The van der Waals surface area contributed by atoms with Crippen LogP contribution in [0.1, 0.15) is 46.5 Å². The van der Waals surface area contributed by atoms with Gasteiger partial charge in [0.1, 0.15) is 11.7 Å². The summed E-state index contributed by atoms with van der Waals surface area (Å²) in [5.74, 6) is -1.12. The van der Waals surface area contributed by atoms with E-state index in [1.807, 2.05) is 26.0 Å². The third kappa shape index (κ3) is 2.06. The summed E-state index contributed by atoms with van der Waals surface area (Å²) >= 11 is 0. The fourth-order valence-corrected chi connectivity index (χ4v) is 8.01. The molecule has 2 spiro atoms. The van der Waals surface area contributed by atoms with Crippen molar-refractivity contribution in [3.63, 3.8) is 0 Å². The number of ether oxygens (including phenoxy) is 4. The minimum atomic E-state index is -1.24. The van der Waals surface area contributed by atoms with Crippen molar-refractivity contribution >= 4 is 18.0 Å². The van der Waals surface area contributed by atoms with Crippen LogP contribution in [0.3, 0.4) is 0 Å². The van der Waals surface area contributed by atoms with Crippen LogP contribution in [0.5, 0.6) is 0 Å². The van der Waals surface area contributed by atoms with Crippen molar-refractivity contribution in [3.8, 4) is 0 Å². The Bertz CT molecular complexity index is 1020. The quantitative estimate of drug-likeness (QED) is 0.388. The van der Waals surface area contributed by atoms with Gasteiger partial charge in [-0.25, -0.2) is 9.59 Å². The van der Waals surface area contributed by atoms with E-state index in [2.05, 4.69) is 16.3 Å². The zero-order valence-electron chi connectivity index (χ0n) is 19.4. The lowest BCUT2D eigenvalue weighted by Crippen LogP contribution is -2.73. The maximum Gasteiger partial charge on any atom is 0.409 e. The van der Waals surface area contributed by atoms with E-state index in [9.17, 15) is 14.4 Å². The highest BCUT2D eigenvalue weighted by atomic mass is 16.6. The van der Waals surface area contributed by atoms with Crippen LogP contribution < -0.4 is 5.32 Å². The Morgan fingerprint density at radius 3 is 2.67 bits per heavy atom. The number of nitrogens with one attached hydrogen (secondary N) is 1. The van der Waals surface area contributed by atoms with Gasteiger partial charge in [-0.3, -0.25) is 15.0 Å². The molecule has 9 nitrogen and oxygen atoms in total. The Hall–Kier alpha value is -2.39. The molecular formula is C24H30N2O7. The summed E-state index contributed by atoms with van der Waals surface area (Å²) < 4.78 is 24.7. The van der Waals surface area contributed by atoms with Crippen molar-refractivity contribution < 1.29 is 33.3 Å². The smallest absolute Gasteiger partial charge is 0.409 e. The summed E-state index contributed by atoms with van der Waals surface area (Å²) in [6.07, 6.45) is 7.36. The molecule has 1 saturated carbocycles. The number of carbonyl (C=O) groups excluding carboxylic acids is 3. The molecular weight excluding hydrogens is 428 g/mol. The van der Waals surface area contributed by atoms with Gasteiger partial charge in [0.2, 0.25) is 0 Å².